The van der Waals surface area contributed by atoms with Gasteiger partial charge in [0.15, 0.2) is 0 Å². The van der Waals surface area contributed by atoms with Crippen molar-refractivity contribution in [1.29, 1.82) is 0 Å². The molecule has 2 rings (SSSR count). The molecule has 0 atom stereocenters. The third kappa shape index (κ3) is 4.79. The molecular formula is C14H22N2O3. The van der Waals surface area contributed by atoms with Gasteiger partial charge in [-0.05, 0) is 30.0 Å². The molecule has 1 aromatic carbocycles. The third-order valence-electron chi connectivity index (χ3n) is 2.92. The summed E-state index contributed by atoms with van der Waals surface area (Å²) < 4.78 is 9.66. The van der Waals surface area contributed by atoms with Crippen LogP contribution in [0.2, 0.25) is 0 Å². The maximum absolute atomic E-state index is 11.0. The Kier molecular flexibility index (Phi) is 5.18. The van der Waals surface area contributed by atoms with Gasteiger partial charge in [-0.25, -0.2) is 4.79 Å². The smallest absolute Gasteiger partial charge is 0.337 e. The number of hydrogen-bond acceptors (Lipinski definition) is 5. The predicted molar refractivity (Wildman–Crippen MR) is 75.8 cm³/mol. The Hall–Kier alpha value is -1.75. The molecule has 5 heteroatoms. The van der Waals surface area contributed by atoms with Crippen LogP contribution in [0, 0.1) is 5.41 Å². The maximum atomic E-state index is 11.0. The van der Waals surface area contributed by atoms with E-state index < -0.39 is 5.97 Å². The van der Waals surface area contributed by atoms with Crippen molar-refractivity contribution < 1.29 is 14.3 Å². The number of benzene rings is 1. The Morgan fingerprint density at radius 3 is 2.37 bits per heavy atom. The van der Waals surface area contributed by atoms with Gasteiger partial charge in [0.05, 0.1) is 30.7 Å². The summed E-state index contributed by atoms with van der Waals surface area (Å²) in [6, 6.07) is 4.63. The number of carbonyl (C=O) groups excluding carboxylic acids is 1. The standard InChI is InChI=1S/C8H10N2O2.C6H12O/c1-12-8(11)5-2-3-6(9)7(10)4-5;1-6(2)3-4-7-5-6/h2-4H,9-10H2,1H3;3-5H2,1-2H3. The van der Waals surface area contributed by atoms with Crippen molar-refractivity contribution in [2.75, 3.05) is 31.8 Å². The summed E-state index contributed by atoms with van der Waals surface area (Å²) in [6.07, 6.45) is 1.23. The minimum Gasteiger partial charge on any atom is -0.465 e. The van der Waals surface area contributed by atoms with E-state index in [0.29, 0.717) is 22.4 Å². The summed E-state index contributed by atoms with van der Waals surface area (Å²) in [6.45, 7) is 6.39. The lowest BCUT2D eigenvalue weighted by molar-refractivity contribution is 0.0601. The topological polar surface area (TPSA) is 87.6 Å². The zero-order valence-electron chi connectivity index (χ0n) is 11.7. The number of nitrogens with two attached hydrogens (primary N) is 2. The molecule has 0 amide bonds. The average molecular weight is 266 g/mol. The van der Waals surface area contributed by atoms with Crippen molar-refractivity contribution in [2.45, 2.75) is 20.3 Å². The first-order valence-electron chi connectivity index (χ1n) is 6.17. The van der Waals surface area contributed by atoms with Crippen molar-refractivity contribution >= 4 is 17.3 Å². The molecule has 1 aromatic rings. The van der Waals surface area contributed by atoms with Crippen LogP contribution in [0.4, 0.5) is 11.4 Å². The number of esters is 1. The van der Waals surface area contributed by atoms with Crippen LogP contribution < -0.4 is 11.5 Å². The quantitative estimate of drug-likeness (QED) is 0.600. The molecule has 0 spiro atoms. The molecule has 0 unspecified atom stereocenters. The van der Waals surface area contributed by atoms with Crippen LogP contribution in [0.15, 0.2) is 18.2 Å². The molecule has 4 N–H and O–H groups in total. The van der Waals surface area contributed by atoms with E-state index in [-0.39, 0.29) is 0 Å². The van der Waals surface area contributed by atoms with Crippen LogP contribution in [0.1, 0.15) is 30.6 Å². The minimum atomic E-state index is -0.415. The van der Waals surface area contributed by atoms with E-state index in [2.05, 4.69) is 18.6 Å². The van der Waals surface area contributed by atoms with Crippen molar-refractivity contribution in [1.82, 2.24) is 0 Å². The zero-order chi connectivity index (χ0) is 14.5. The van der Waals surface area contributed by atoms with E-state index in [1.807, 2.05) is 0 Å². The molecule has 5 nitrogen and oxygen atoms in total. The van der Waals surface area contributed by atoms with Gasteiger partial charge in [-0.1, -0.05) is 13.8 Å². The first kappa shape index (κ1) is 15.3. The molecular weight excluding hydrogens is 244 g/mol. The molecule has 1 fully saturated rings. The van der Waals surface area contributed by atoms with Crippen LogP contribution in [0.3, 0.4) is 0 Å². The van der Waals surface area contributed by atoms with Gasteiger partial charge in [-0.3, -0.25) is 0 Å². The molecule has 1 heterocycles. The lowest BCUT2D eigenvalue weighted by Gasteiger charge is -2.11. The number of hydrogen-bond donors (Lipinski definition) is 2. The minimum absolute atomic E-state index is 0.387. The van der Waals surface area contributed by atoms with Crippen LogP contribution in [-0.2, 0) is 9.47 Å². The molecule has 19 heavy (non-hydrogen) atoms. The van der Waals surface area contributed by atoms with Crippen molar-refractivity contribution in [3.63, 3.8) is 0 Å². The normalized spacial score (nSPS) is 16.4. The number of ether oxygens (including phenoxy) is 2. The monoisotopic (exact) mass is 266 g/mol. The fourth-order valence-corrected chi connectivity index (χ4v) is 1.59. The van der Waals surface area contributed by atoms with Crippen LogP contribution in [-0.4, -0.2) is 26.3 Å². The van der Waals surface area contributed by atoms with Gasteiger partial charge >= 0.3 is 5.97 Å². The lowest BCUT2D eigenvalue weighted by atomic mass is 9.94. The van der Waals surface area contributed by atoms with Crippen molar-refractivity contribution in [3.05, 3.63) is 23.8 Å². The Labute approximate surface area is 113 Å². The Balaban J connectivity index is 0.000000218. The molecule has 1 saturated heterocycles. The van der Waals surface area contributed by atoms with E-state index in [9.17, 15) is 4.79 Å². The second kappa shape index (κ2) is 6.43. The predicted octanol–water partition coefficient (Wildman–Crippen LogP) is 2.07. The molecule has 1 aliphatic heterocycles. The first-order valence-corrected chi connectivity index (χ1v) is 6.17. The van der Waals surface area contributed by atoms with E-state index in [0.717, 1.165) is 13.2 Å². The van der Waals surface area contributed by atoms with Gasteiger partial charge in [0.25, 0.3) is 0 Å². The van der Waals surface area contributed by atoms with Gasteiger partial charge in [0.2, 0.25) is 0 Å². The van der Waals surface area contributed by atoms with Gasteiger partial charge in [-0.2, -0.15) is 0 Å². The number of anilines is 2. The zero-order valence-corrected chi connectivity index (χ0v) is 11.7. The van der Waals surface area contributed by atoms with Crippen LogP contribution in [0.25, 0.3) is 0 Å². The molecule has 0 bridgehead atoms. The number of methoxy groups -OCH3 is 1. The summed E-state index contributed by atoms with van der Waals surface area (Å²) in [5.74, 6) is -0.415. The summed E-state index contributed by atoms with van der Waals surface area (Å²) in [7, 11) is 1.31. The molecule has 0 saturated carbocycles. The van der Waals surface area contributed by atoms with Gasteiger partial charge in [0.1, 0.15) is 0 Å². The van der Waals surface area contributed by atoms with E-state index in [4.69, 9.17) is 16.2 Å². The SMILES string of the molecule is CC1(C)CCOC1.COC(=O)c1ccc(N)c(N)c1. The second-order valence-corrected chi connectivity index (χ2v) is 5.30. The maximum Gasteiger partial charge on any atom is 0.337 e. The second-order valence-electron chi connectivity index (χ2n) is 5.30. The summed E-state index contributed by atoms with van der Waals surface area (Å²) in [5.41, 5.74) is 12.7. The number of carbonyl (C=O) groups is 1. The van der Waals surface area contributed by atoms with Crippen LogP contribution >= 0.6 is 0 Å². The third-order valence-corrected chi connectivity index (χ3v) is 2.92. The lowest BCUT2D eigenvalue weighted by Crippen LogP contribution is -2.08. The molecule has 1 aliphatic rings. The highest BCUT2D eigenvalue weighted by Crippen LogP contribution is 2.25. The van der Waals surface area contributed by atoms with E-state index in [1.165, 1.54) is 19.6 Å². The van der Waals surface area contributed by atoms with Crippen molar-refractivity contribution in [3.8, 4) is 0 Å². The Bertz CT molecular complexity index is 436. The van der Waals surface area contributed by atoms with Crippen molar-refractivity contribution in [2.24, 2.45) is 5.41 Å². The molecule has 0 aliphatic carbocycles. The Morgan fingerprint density at radius 2 is 2.00 bits per heavy atom. The fourth-order valence-electron chi connectivity index (χ4n) is 1.59. The number of rotatable bonds is 1. The van der Waals surface area contributed by atoms with Gasteiger partial charge in [-0.15, -0.1) is 0 Å². The summed E-state index contributed by atoms with van der Waals surface area (Å²) in [5, 5.41) is 0. The highest BCUT2D eigenvalue weighted by Gasteiger charge is 2.22. The van der Waals surface area contributed by atoms with E-state index in [1.54, 1.807) is 12.1 Å². The van der Waals surface area contributed by atoms with E-state index >= 15 is 0 Å². The summed E-state index contributed by atoms with van der Waals surface area (Å²) in [4.78, 5) is 11.0. The largest absolute Gasteiger partial charge is 0.465 e. The van der Waals surface area contributed by atoms with Crippen LogP contribution in [0.5, 0.6) is 0 Å². The van der Waals surface area contributed by atoms with Gasteiger partial charge in [0, 0.05) is 6.61 Å². The fraction of sp³-hybridized carbons (Fsp3) is 0.500. The molecule has 0 radical (unpaired) electrons. The first-order chi connectivity index (χ1) is 8.85. The Morgan fingerprint density at radius 1 is 1.32 bits per heavy atom. The molecule has 0 aromatic heterocycles. The average Bonchev–Trinajstić information content (AvgIpc) is 2.77. The highest BCUT2D eigenvalue weighted by atomic mass is 16.5. The number of nitrogen functional groups attached to an aromatic ring is 2. The highest BCUT2D eigenvalue weighted by molar-refractivity contribution is 5.91. The van der Waals surface area contributed by atoms with Gasteiger partial charge < -0.3 is 20.9 Å². The summed E-state index contributed by atoms with van der Waals surface area (Å²) >= 11 is 0. The molecule has 106 valence electrons.